The molecule has 4 rings (SSSR count). The van der Waals surface area contributed by atoms with Crippen LogP contribution in [0.1, 0.15) is 38.7 Å². The summed E-state index contributed by atoms with van der Waals surface area (Å²) in [7, 11) is -3.43. The van der Waals surface area contributed by atoms with E-state index in [1.807, 2.05) is 18.2 Å². The number of piperazine rings is 1. The highest BCUT2D eigenvalue weighted by atomic mass is 32.2. The minimum absolute atomic E-state index is 0.00373. The Kier molecular flexibility index (Phi) is 5.47. The van der Waals surface area contributed by atoms with Gasteiger partial charge in [0, 0.05) is 44.6 Å². The van der Waals surface area contributed by atoms with Gasteiger partial charge in [0.25, 0.3) is 0 Å². The molecule has 3 fully saturated rings. The first-order valence-corrected chi connectivity index (χ1v) is 12.3. The van der Waals surface area contributed by atoms with E-state index in [0.29, 0.717) is 25.4 Å². The van der Waals surface area contributed by atoms with Crippen molar-refractivity contribution >= 4 is 21.9 Å². The molecule has 1 aromatic carbocycles. The number of sulfonamides is 1. The van der Waals surface area contributed by atoms with Crippen molar-refractivity contribution in [2.45, 2.75) is 33.1 Å². The van der Waals surface area contributed by atoms with Gasteiger partial charge in [0.1, 0.15) is 5.78 Å². The Bertz CT molecular complexity index is 886. The first-order valence-electron chi connectivity index (χ1n) is 10.7. The molecule has 1 saturated heterocycles. The summed E-state index contributed by atoms with van der Waals surface area (Å²) < 4.78 is 28.0. The van der Waals surface area contributed by atoms with E-state index in [1.54, 1.807) is 4.31 Å². The normalized spacial score (nSPS) is 30.4. The minimum atomic E-state index is -3.43. The monoisotopic (exact) mass is 416 g/mol. The summed E-state index contributed by atoms with van der Waals surface area (Å²) in [6.07, 6.45) is 6.51. The van der Waals surface area contributed by atoms with Crippen LogP contribution < -0.4 is 0 Å². The van der Waals surface area contributed by atoms with E-state index in [9.17, 15) is 13.2 Å². The molecule has 3 aliphatic rings. The molecule has 1 aromatic rings. The lowest BCUT2D eigenvalue weighted by Gasteiger charge is -2.39. The number of rotatable bonds is 6. The highest BCUT2D eigenvalue weighted by Crippen LogP contribution is 2.64. The van der Waals surface area contributed by atoms with Crippen molar-refractivity contribution in [1.29, 1.82) is 0 Å². The molecule has 0 N–H and O–H groups in total. The summed E-state index contributed by atoms with van der Waals surface area (Å²) in [5, 5.41) is 0. The van der Waals surface area contributed by atoms with Gasteiger partial charge in [0.05, 0.1) is 5.75 Å². The zero-order chi connectivity index (χ0) is 20.7. The molecule has 5 nitrogen and oxygen atoms in total. The molecule has 0 amide bonds. The summed E-state index contributed by atoms with van der Waals surface area (Å²) >= 11 is 0. The molecule has 0 radical (unpaired) electrons. The summed E-state index contributed by atoms with van der Waals surface area (Å²) in [5.74, 6) is 0.515. The first-order chi connectivity index (χ1) is 13.7. The zero-order valence-electron chi connectivity index (χ0n) is 17.5. The Morgan fingerprint density at radius 3 is 2.38 bits per heavy atom. The largest absolute Gasteiger partial charge is 0.299 e. The number of hydrogen-bond donors (Lipinski definition) is 0. The SMILES string of the molecule is CC1(C)C2CCC1(CS(=O)(=O)N1CCN(C/C=C/c3ccccc3)CC1)C(=O)C2. The van der Waals surface area contributed by atoms with Gasteiger partial charge in [-0.25, -0.2) is 8.42 Å². The molecule has 0 spiro atoms. The Labute approximate surface area is 174 Å². The molecule has 6 heteroatoms. The topological polar surface area (TPSA) is 57.7 Å². The Balaban J connectivity index is 1.34. The maximum Gasteiger partial charge on any atom is 0.215 e. The average molecular weight is 417 g/mol. The summed E-state index contributed by atoms with van der Waals surface area (Å²) in [6.45, 7) is 7.49. The highest BCUT2D eigenvalue weighted by Gasteiger charge is 2.65. The summed E-state index contributed by atoms with van der Waals surface area (Å²) in [6, 6.07) is 10.2. The second kappa shape index (κ2) is 7.64. The lowest BCUT2D eigenvalue weighted by Crippen LogP contribution is -2.52. The van der Waals surface area contributed by atoms with Crippen LogP contribution in [-0.2, 0) is 14.8 Å². The number of carbonyl (C=O) groups is 1. The zero-order valence-corrected chi connectivity index (χ0v) is 18.3. The van der Waals surface area contributed by atoms with Gasteiger partial charge < -0.3 is 0 Å². The number of hydrogen-bond acceptors (Lipinski definition) is 4. The maximum atomic E-state index is 13.2. The first kappa shape index (κ1) is 20.8. The number of nitrogens with zero attached hydrogens (tertiary/aromatic N) is 2. The van der Waals surface area contributed by atoms with Gasteiger partial charge in [-0.2, -0.15) is 4.31 Å². The van der Waals surface area contributed by atoms with Crippen molar-refractivity contribution in [3.05, 3.63) is 42.0 Å². The maximum absolute atomic E-state index is 13.2. The Morgan fingerprint density at radius 1 is 1.10 bits per heavy atom. The molecule has 2 unspecified atom stereocenters. The van der Waals surface area contributed by atoms with Gasteiger partial charge in [0.15, 0.2) is 0 Å². The summed E-state index contributed by atoms with van der Waals surface area (Å²) in [4.78, 5) is 15.0. The van der Waals surface area contributed by atoms with Crippen molar-refractivity contribution in [2.75, 3.05) is 38.5 Å². The molecule has 2 saturated carbocycles. The molecular formula is C23H32N2O3S. The molecule has 2 aliphatic carbocycles. The third-order valence-electron chi connectivity index (χ3n) is 7.77. The van der Waals surface area contributed by atoms with Crippen LogP contribution in [-0.4, -0.2) is 61.9 Å². The number of carbonyl (C=O) groups excluding carboxylic acids is 1. The van der Waals surface area contributed by atoms with Crippen molar-refractivity contribution in [3.63, 3.8) is 0 Å². The van der Waals surface area contributed by atoms with Gasteiger partial charge in [-0.05, 0) is 29.7 Å². The molecule has 2 bridgehead atoms. The highest BCUT2D eigenvalue weighted by molar-refractivity contribution is 7.89. The van der Waals surface area contributed by atoms with Gasteiger partial charge >= 0.3 is 0 Å². The average Bonchev–Trinajstić information content (AvgIpc) is 3.03. The quantitative estimate of drug-likeness (QED) is 0.715. The number of benzene rings is 1. The molecule has 2 atom stereocenters. The van der Waals surface area contributed by atoms with E-state index in [2.05, 4.69) is 43.0 Å². The standard InChI is InChI=1S/C23H32N2O3S/c1-22(2)20-10-11-23(22,21(26)17-20)18-29(27,28)25-15-13-24(14-16-25)12-6-9-19-7-4-3-5-8-19/h3-9,20H,10-18H2,1-2H3/b9-6+. The molecule has 1 aliphatic heterocycles. The molecule has 1 heterocycles. The van der Waals surface area contributed by atoms with Crippen molar-refractivity contribution in [3.8, 4) is 0 Å². The lowest BCUT2D eigenvalue weighted by atomic mass is 9.70. The molecule has 0 aromatic heterocycles. The Morgan fingerprint density at radius 2 is 1.79 bits per heavy atom. The molecule has 29 heavy (non-hydrogen) atoms. The van der Waals surface area contributed by atoms with Gasteiger partial charge in [-0.3, -0.25) is 9.69 Å². The van der Waals surface area contributed by atoms with Crippen LogP contribution in [0.4, 0.5) is 0 Å². The van der Waals surface area contributed by atoms with Crippen LogP contribution in [0.15, 0.2) is 36.4 Å². The second-order valence-electron chi connectivity index (χ2n) is 9.44. The van der Waals surface area contributed by atoms with E-state index in [0.717, 1.165) is 32.5 Å². The molecule has 158 valence electrons. The van der Waals surface area contributed by atoms with Gasteiger partial charge in [0.2, 0.25) is 10.0 Å². The predicted molar refractivity (Wildman–Crippen MR) is 116 cm³/mol. The summed E-state index contributed by atoms with van der Waals surface area (Å²) in [5.41, 5.74) is 0.291. The van der Waals surface area contributed by atoms with E-state index < -0.39 is 15.4 Å². The lowest BCUT2D eigenvalue weighted by molar-refractivity contribution is -0.128. The fraction of sp³-hybridized carbons (Fsp3) is 0.609. The smallest absolute Gasteiger partial charge is 0.215 e. The molecular weight excluding hydrogens is 384 g/mol. The van der Waals surface area contributed by atoms with Crippen LogP contribution in [0.2, 0.25) is 0 Å². The van der Waals surface area contributed by atoms with Crippen LogP contribution in [0.25, 0.3) is 6.08 Å². The van der Waals surface area contributed by atoms with E-state index in [4.69, 9.17) is 0 Å². The van der Waals surface area contributed by atoms with E-state index in [-0.39, 0.29) is 17.0 Å². The van der Waals surface area contributed by atoms with Crippen LogP contribution in [0.3, 0.4) is 0 Å². The van der Waals surface area contributed by atoms with Gasteiger partial charge in [-0.15, -0.1) is 0 Å². The van der Waals surface area contributed by atoms with E-state index >= 15 is 0 Å². The van der Waals surface area contributed by atoms with Crippen LogP contribution >= 0.6 is 0 Å². The fourth-order valence-corrected chi connectivity index (χ4v) is 7.81. The van der Waals surface area contributed by atoms with Crippen LogP contribution in [0.5, 0.6) is 0 Å². The fourth-order valence-electron chi connectivity index (χ4n) is 5.60. The second-order valence-corrected chi connectivity index (χ2v) is 11.4. The minimum Gasteiger partial charge on any atom is -0.299 e. The van der Waals surface area contributed by atoms with E-state index in [1.165, 1.54) is 5.56 Å². The van der Waals surface area contributed by atoms with Crippen LogP contribution in [0, 0.1) is 16.7 Å². The van der Waals surface area contributed by atoms with Crippen molar-refractivity contribution in [2.24, 2.45) is 16.7 Å². The Hall–Kier alpha value is -1.50. The number of Topliss-reactive ketones (excluding diaryl/α,β-unsaturated/α-hetero) is 1. The van der Waals surface area contributed by atoms with Crippen molar-refractivity contribution in [1.82, 2.24) is 9.21 Å². The van der Waals surface area contributed by atoms with Crippen molar-refractivity contribution < 1.29 is 13.2 Å². The third-order valence-corrected chi connectivity index (χ3v) is 9.78. The predicted octanol–water partition coefficient (Wildman–Crippen LogP) is 3.04. The number of ketones is 1. The third kappa shape index (κ3) is 3.71. The van der Waals surface area contributed by atoms with Gasteiger partial charge in [-0.1, -0.05) is 56.3 Å². The number of fused-ring (bicyclic) bond motifs is 2.